The molecule has 4 aromatic rings. The number of nitrogens with one attached hydrogen (secondary N) is 1. The standard InChI is InChI=1S/C27H26N2O5/c1-5-24(30)29-16-21(20-9-6-7-10-22(20)29)25(31)28-19-14-17(23-11-8-12-33-23)13-18(15-19)26(32)34-27(2,3)4/h6-16H,5H2,1-4H3,(H,28,31). The number of benzene rings is 2. The lowest BCUT2D eigenvalue weighted by atomic mass is 10.1. The summed E-state index contributed by atoms with van der Waals surface area (Å²) in [6.45, 7) is 7.14. The summed E-state index contributed by atoms with van der Waals surface area (Å²) in [5, 5.41) is 3.53. The zero-order valence-electron chi connectivity index (χ0n) is 19.5. The van der Waals surface area contributed by atoms with Gasteiger partial charge in [0.15, 0.2) is 0 Å². The predicted octanol–water partition coefficient (Wildman–Crippen LogP) is 6.16. The van der Waals surface area contributed by atoms with E-state index in [0.29, 0.717) is 39.9 Å². The Morgan fingerprint density at radius 3 is 2.47 bits per heavy atom. The molecule has 2 aromatic carbocycles. The first-order chi connectivity index (χ1) is 16.2. The van der Waals surface area contributed by atoms with Crippen LogP contribution in [0.2, 0.25) is 0 Å². The molecule has 7 nitrogen and oxygen atoms in total. The van der Waals surface area contributed by atoms with Crippen molar-refractivity contribution in [1.29, 1.82) is 0 Å². The van der Waals surface area contributed by atoms with Gasteiger partial charge >= 0.3 is 5.97 Å². The molecule has 0 bridgehead atoms. The Labute approximate surface area is 197 Å². The normalized spacial score (nSPS) is 11.4. The average Bonchev–Trinajstić information content (AvgIpc) is 3.46. The number of carbonyl (C=O) groups is 3. The van der Waals surface area contributed by atoms with E-state index in [1.165, 1.54) is 10.8 Å². The lowest BCUT2D eigenvalue weighted by Crippen LogP contribution is -2.24. The fourth-order valence-corrected chi connectivity index (χ4v) is 3.68. The summed E-state index contributed by atoms with van der Waals surface area (Å²) in [7, 11) is 0. The van der Waals surface area contributed by atoms with Gasteiger partial charge in [0.05, 0.1) is 22.9 Å². The number of rotatable bonds is 5. The summed E-state index contributed by atoms with van der Waals surface area (Å²) in [4.78, 5) is 38.5. The van der Waals surface area contributed by atoms with Crippen molar-refractivity contribution in [3.8, 4) is 11.3 Å². The fraction of sp³-hybridized carbons (Fsp3) is 0.222. The molecule has 0 aliphatic rings. The number of amides is 1. The van der Waals surface area contributed by atoms with Crippen LogP contribution in [-0.2, 0) is 4.74 Å². The SMILES string of the molecule is CCC(=O)n1cc(C(=O)Nc2cc(C(=O)OC(C)(C)C)cc(-c3ccco3)c2)c2ccccc21. The maximum atomic E-state index is 13.3. The van der Waals surface area contributed by atoms with Crippen LogP contribution in [0.3, 0.4) is 0 Å². The molecule has 7 heteroatoms. The van der Waals surface area contributed by atoms with Crippen LogP contribution in [0.5, 0.6) is 0 Å². The molecule has 2 aromatic heterocycles. The zero-order chi connectivity index (χ0) is 24.5. The second-order valence-corrected chi connectivity index (χ2v) is 8.91. The van der Waals surface area contributed by atoms with Crippen LogP contribution in [0.15, 0.2) is 71.5 Å². The van der Waals surface area contributed by atoms with E-state index in [-0.39, 0.29) is 11.5 Å². The van der Waals surface area contributed by atoms with Gasteiger partial charge in [0.25, 0.3) is 5.91 Å². The van der Waals surface area contributed by atoms with Crippen LogP contribution in [0.4, 0.5) is 5.69 Å². The number of anilines is 1. The summed E-state index contributed by atoms with van der Waals surface area (Å²) in [6.07, 6.45) is 3.40. The molecule has 0 saturated heterocycles. The third kappa shape index (κ3) is 4.78. The van der Waals surface area contributed by atoms with Crippen LogP contribution in [0, 0.1) is 0 Å². The topological polar surface area (TPSA) is 90.5 Å². The molecule has 2 heterocycles. The number of para-hydroxylation sites is 1. The summed E-state index contributed by atoms with van der Waals surface area (Å²) in [5.41, 5.74) is 1.65. The number of ether oxygens (including phenoxy) is 1. The van der Waals surface area contributed by atoms with E-state index in [9.17, 15) is 14.4 Å². The van der Waals surface area contributed by atoms with E-state index in [2.05, 4.69) is 5.32 Å². The van der Waals surface area contributed by atoms with Gasteiger partial charge in [-0.1, -0.05) is 25.1 Å². The Hall–Kier alpha value is -4.13. The van der Waals surface area contributed by atoms with E-state index in [1.807, 2.05) is 12.1 Å². The van der Waals surface area contributed by atoms with Gasteiger partial charge in [-0.25, -0.2) is 4.79 Å². The van der Waals surface area contributed by atoms with Crippen molar-refractivity contribution in [2.75, 3.05) is 5.32 Å². The van der Waals surface area contributed by atoms with E-state index < -0.39 is 17.5 Å². The van der Waals surface area contributed by atoms with Gasteiger partial charge in [-0.2, -0.15) is 0 Å². The number of fused-ring (bicyclic) bond motifs is 1. The van der Waals surface area contributed by atoms with E-state index in [1.54, 1.807) is 76.4 Å². The molecule has 0 fully saturated rings. The molecule has 0 atom stereocenters. The van der Waals surface area contributed by atoms with Crippen LogP contribution < -0.4 is 5.32 Å². The van der Waals surface area contributed by atoms with Crippen molar-refractivity contribution in [3.63, 3.8) is 0 Å². The van der Waals surface area contributed by atoms with Crippen LogP contribution in [-0.4, -0.2) is 28.0 Å². The number of nitrogens with zero attached hydrogens (tertiary/aromatic N) is 1. The van der Waals surface area contributed by atoms with Gasteiger partial charge in [0.2, 0.25) is 5.91 Å². The summed E-state index contributed by atoms with van der Waals surface area (Å²) >= 11 is 0. The minimum atomic E-state index is -0.672. The Bertz CT molecular complexity index is 1370. The first-order valence-electron chi connectivity index (χ1n) is 11.0. The maximum absolute atomic E-state index is 13.3. The molecule has 0 spiro atoms. The lowest BCUT2D eigenvalue weighted by molar-refractivity contribution is 0.00693. The predicted molar refractivity (Wildman–Crippen MR) is 130 cm³/mol. The van der Waals surface area contributed by atoms with E-state index in [0.717, 1.165) is 0 Å². The maximum Gasteiger partial charge on any atom is 0.338 e. The minimum absolute atomic E-state index is 0.109. The molecule has 4 rings (SSSR count). The van der Waals surface area contributed by atoms with Crippen molar-refractivity contribution in [1.82, 2.24) is 4.57 Å². The summed E-state index contributed by atoms with van der Waals surface area (Å²) in [6, 6.07) is 15.7. The molecule has 1 N–H and O–H groups in total. The highest BCUT2D eigenvalue weighted by atomic mass is 16.6. The molecule has 0 aliphatic carbocycles. The largest absolute Gasteiger partial charge is 0.464 e. The monoisotopic (exact) mass is 458 g/mol. The highest BCUT2D eigenvalue weighted by Crippen LogP contribution is 2.28. The quantitative estimate of drug-likeness (QED) is 0.362. The average molecular weight is 459 g/mol. The van der Waals surface area contributed by atoms with Crippen LogP contribution >= 0.6 is 0 Å². The number of carbonyl (C=O) groups excluding carboxylic acids is 3. The van der Waals surface area contributed by atoms with Crippen molar-refractivity contribution >= 4 is 34.4 Å². The highest BCUT2D eigenvalue weighted by molar-refractivity contribution is 6.14. The van der Waals surface area contributed by atoms with Gasteiger partial charge < -0.3 is 14.5 Å². The Balaban J connectivity index is 1.73. The van der Waals surface area contributed by atoms with E-state index >= 15 is 0 Å². The highest BCUT2D eigenvalue weighted by Gasteiger charge is 2.21. The number of aromatic nitrogens is 1. The number of hydrogen-bond donors (Lipinski definition) is 1. The first kappa shape index (κ1) is 23.0. The van der Waals surface area contributed by atoms with Gasteiger partial charge in [0.1, 0.15) is 11.4 Å². The molecule has 0 aliphatic heterocycles. The van der Waals surface area contributed by atoms with Crippen molar-refractivity contribution < 1.29 is 23.5 Å². The Morgan fingerprint density at radius 2 is 1.79 bits per heavy atom. The summed E-state index contributed by atoms with van der Waals surface area (Å²) < 4.78 is 12.5. The molecule has 34 heavy (non-hydrogen) atoms. The molecule has 1 amide bonds. The number of esters is 1. The van der Waals surface area contributed by atoms with Gasteiger partial charge in [0, 0.05) is 29.3 Å². The molecule has 174 valence electrons. The lowest BCUT2D eigenvalue weighted by Gasteiger charge is -2.20. The third-order valence-electron chi connectivity index (χ3n) is 5.16. The van der Waals surface area contributed by atoms with Gasteiger partial charge in [-0.05, 0) is 57.2 Å². The third-order valence-corrected chi connectivity index (χ3v) is 5.16. The molecule has 0 saturated carbocycles. The van der Waals surface area contributed by atoms with Gasteiger partial charge in [-0.15, -0.1) is 0 Å². The second-order valence-electron chi connectivity index (χ2n) is 8.91. The van der Waals surface area contributed by atoms with Crippen molar-refractivity contribution in [3.05, 3.63) is 78.2 Å². The van der Waals surface area contributed by atoms with Crippen LogP contribution in [0.25, 0.3) is 22.2 Å². The molecular formula is C27H26N2O5. The number of hydrogen-bond acceptors (Lipinski definition) is 5. The van der Waals surface area contributed by atoms with E-state index in [4.69, 9.17) is 9.15 Å². The smallest absolute Gasteiger partial charge is 0.338 e. The number of furan rings is 1. The minimum Gasteiger partial charge on any atom is -0.464 e. The van der Waals surface area contributed by atoms with Gasteiger partial charge in [-0.3, -0.25) is 14.2 Å². The molecule has 0 radical (unpaired) electrons. The van der Waals surface area contributed by atoms with Crippen molar-refractivity contribution in [2.24, 2.45) is 0 Å². The summed E-state index contributed by atoms with van der Waals surface area (Å²) in [5.74, 6) is -0.472. The molecular weight excluding hydrogens is 432 g/mol. The Morgan fingerprint density at radius 1 is 1.03 bits per heavy atom. The second kappa shape index (κ2) is 9.02. The Kier molecular flexibility index (Phi) is 6.11. The first-order valence-corrected chi connectivity index (χ1v) is 11.0. The van der Waals surface area contributed by atoms with Crippen molar-refractivity contribution in [2.45, 2.75) is 39.7 Å². The fourth-order valence-electron chi connectivity index (χ4n) is 3.68. The van der Waals surface area contributed by atoms with Crippen LogP contribution in [0.1, 0.15) is 59.6 Å². The zero-order valence-corrected chi connectivity index (χ0v) is 19.5. The molecule has 0 unspecified atom stereocenters.